The molecule has 0 bridgehead atoms. The van der Waals surface area contributed by atoms with Crippen LogP contribution >= 0.6 is 0 Å². The van der Waals surface area contributed by atoms with Crippen LogP contribution < -0.4 is 16.0 Å². The molecule has 1 saturated heterocycles. The minimum atomic E-state index is 0.587. The Kier molecular flexibility index (Phi) is 3.06. The van der Waals surface area contributed by atoms with Crippen molar-refractivity contribution in [1.29, 1.82) is 0 Å². The van der Waals surface area contributed by atoms with Crippen molar-refractivity contribution in [3.8, 4) is 0 Å². The van der Waals surface area contributed by atoms with Crippen LogP contribution in [0.2, 0.25) is 0 Å². The zero-order valence-corrected chi connectivity index (χ0v) is 9.11. The lowest BCUT2D eigenvalue weighted by atomic mass is 10.1. The van der Waals surface area contributed by atoms with E-state index in [0.29, 0.717) is 11.9 Å². The summed E-state index contributed by atoms with van der Waals surface area (Å²) in [4.78, 5) is 6.48. The summed E-state index contributed by atoms with van der Waals surface area (Å²) in [5, 5.41) is 3.32. The standard InChI is InChI=1S/C11H18N4/c1-13-9-4-6-15(7-5-9)10-2-3-11(12)14-8-10/h2-3,8-9,13H,4-7H2,1H3,(H2,12,14). The smallest absolute Gasteiger partial charge is 0.123 e. The molecule has 0 saturated carbocycles. The van der Waals surface area contributed by atoms with E-state index < -0.39 is 0 Å². The molecule has 4 heteroatoms. The van der Waals surface area contributed by atoms with Crippen LogP contribution in [0.25, 0.3) is 0 Å². The molecule has 4 nitrogen and oxygen atoms in total. The average molecular weight is 206 g/mol. The number of pyridine rings is 1. The Morgan fingerprint density at radius 2 is 2.13 bits per heavy atom. The van der Waals surface area contributed by atoms with Crippen molar-refractivity contribution in [2.24, 2.45) is 0 Å². The van der Waals surface area contributed by atoms with Crippen molar-refractivity contribution in [2.45, 2.75) is 18.9 Å². The second-order valence-electron chi connectivity index (χ2n) is 3.99. The summed E-state index contributed by atoms with van der Waals surface area (Å²) in [6, 6.07) is 4.57. The van der Waals surface area contributed by atoms with Crippen LogP contribution in [0.1, 0.15) is 12.8 Å². The molecule has 0 aromatic carbocycles. The van der Waals surface area contributed by atoms with E-state index in [1.54, 1.807) is 0 Å². The first-order valence-electron chi connectivity index (χ1n) is 5.43. The average Bonchev–Trinajstić information content (AvgIpc) is 2.30. The third kappa shape index (κ3) is 2.39. The number of nitrogens with one attached hydrogen (secondary N) is 1. The van der Waals surface area contributed by atoms with Gasteiger partial charge in [-0.25, -0.2) is 4.98 Å². The van der Waals surface area contributed by atoms with Crippen LogP contribution in [0.4, 0.5) is 11.5 Å². The van der Waals surface area contributed by atoms with Gasteiger partial charge in [0, 0.05) is 19.1 Å². The Bertz CT molecular complexity index is 301. The van der Waals surface area contributed by atoms with E-state index in [1.165, 1.54) is 18.5 Å². The van der Waals surface area contributed by atoms with Crippen LogP contribution in [-0.2, 0) is 0 Å². The minimum absolute atomic E-state index is 0.587. The van der Waals surface area contributed by atoms with Gasteiger partial charge in [-0.05, 0) is 32.0 Å². The fourth-order valence-electron chi connectivity index (χ4n) is 2.01. The van der Waals surface area contributed by atoms with Gasteiger partial charge in [-0.2, -0.15) is 0 Å². The molecule has 0 spiro atoms. The molecule has 0 atom stereocenters. The zero-order valence-electron chi connectivity index (χ0n) is 9.11. The lowest BCUT2D eigenvalue weighted by Crippen LogP contribution is -2.41. The summed E-state index contributed by atoms with van der Waals surface area (Å²) in [5.41, 5.74) is 6.74. The van der Waals surface area contributed by atoms with E-state index in [9.17, 15) is 0 Å². The number of nitrogens with zero attached hydrogens (tertiary/aromatic N) is 2. The Hall–Kier alpha value is -1.29. The molecule has 1 aliphatic heterocycles. The number of nitrogen functional groups attached to an aromatic ring is 1. The third-order valence-electron chi connectivity index (χ3n) is 3.04. The normalized spacial score (nSPS) is 18.1. The fourth-order valence-corrected chi connectivity index (χ4v) is 2.01. The van der Waals surface area contributed by atoms with Gasteiger partial charge in [0.15, 0.2) is 0 Å². The van der Waals surface area contributed by atoms with E-state index in [4.69, 9.17) is 5.73 Å². The topological polar surface area (TPSA) is 54.2 Å². The van der Waals surface area contributed by atoms with E-state index in [-0.39, 0.29) is 0 Å². The summed E-state index contributed by atoms with van der Waals surface area (Å²) in [6.07, 6.45) is 4.25. The lowest BCUT2D eigenvalue weighted by Gasteiger charge is -2.33. The Balaban J connectivity index is 1.98. The SMILES string of the molecule is CNC1CCN(c2ccc(N)nc2)CC1. The molecule has 1 aromatic rings. The van der Waals surface area contributed by atoms with Crippen LogP contribution in [0.5, 0.6) is 0 Å². The highest BCUT2D eigenvalue weighted by Gasteiger charge is 2.17. The molecule has 82 valence electrons. The third-order valence-corrected chi connectivity index (χ3v) is 3.04. The van der Waals surface area contributed by atoms with Crippen molar-refractivity contribution in [2.75, 3.05) is 30.8 Å². The lowest BCUT2D eigenvalue weighted by molar-refractivity contribution is 0.442. The van der Waals surface area contributed by atoms with Gasteiger partial charge in [0.05, 0.1) is 11.9 Å². The highest BCUT2D eigenvalue weighted by atomic mass is 15.2. The predicted octanol–water partition coefficient (Wildman–Crippen LogP) is 0.852. The summed E-state index contributed by atoms with van der Waals surface area (Å²) in [7, 11) is 2.03. The molecule has 0 aliphatic carbocycles. The van der Waals surface area contributed by atoms with Gasteiger partial charge < -0.3 is 16.0 Å². The Morgan fingerprint density at radius 1 is 1.40 bits per heavy atom. The predicted molar refractivity (Wildman–Crippen MR) is 62.9 cm³/mol. The van der Waals surface area contributed by atoms with Crippen molar-refractivity contribution in [3.63, 3.8) is 0 Å². The molecule has 3 N–H and O–H groups in total. The molecule has 2 heterocycles. The molecule has 0 radical (unpaired) electrons. The number of piperidine rings is 1. The van der Waals surface area contributed by atoms with Crippen LogP contribution in [0.3, 0.4) is 0 Å². The van der Waals surface area contributed by atoms with Gasteiger partial charge in [0.1, 0.15) is 5.82 Å². The van der Waals surface area contributed by atoms with Crippen molar-refractivity contribution in [3.05, 3.63) is 18.3 Å². The highest BCUT2D eigenvalue weighted by Crippen LogP contribution is 2.19. The van der Waals surface area contributed by atoms with Gasteiger partial charge in [0.2, 0.25) is 0 Å². The molecule has 2 rings (SSSR count). The van der Waals surface area contributed by atoms with Crippen molar-refractivity contribution < 1.29 is 0 Å². The van der Waals surface area contributed by atoms with Crippen LogP contribution in [0.15, 0.2) is 18.3 Å². The molecule has 1 aliphatic rings. The van der Waals surface area contributed by atoms with Crippen LogP contribution in [-0.4, -0.2) is 31.2 Å². The van der Waals surface area contributed by atoms with Gasteiger partial charge in [-0.1, -0.05) is 0 Å². The highest BCUT2D eigenvalue weighted by molar-refractivity contribution is 5.48. The number of hydrogen-bond donors (Lipinski definition) is 2. The number of nitrogens with two attached hydrogens (primary N) is 1. The summed E-state index contributed by atoms with van der Waals surface area (Å²) in [5.74, 6) is 0.587. The number of hydrogen-bond acceptors (Lipinski definition) is 4. The molecule has 0 unspecified atom stereocenters. The number of anilines is 2. The zero-order chi connectivity index (χ0) is 10.7. The van der Waals surface area contributed by atoms with Crippen molar-refractivity contribution in [1.82, 2.24) is 10.3 Å². The maximum Gasteiger partial charge on any atom is 0.123 e. The van der Waals surface area contributed by atoms with Gasteiger partial charge >= 0.3 is 0 Å². The summed E-state index contributed by atoms with van der Waals surface area (Å²) >= 11 is 0. The second kappa shape index (κ2) is 4.49. The van der Waals surface area contributed by atoms with Gasteiger partial charge in [-0.3, -0.25) is 0 Å². The second-order valence-corrected chi connectivity index (χ2v) is 3.99. The summed E-state index contributed by atoms with van der Waals surface area (Å²) < 4.78 is 0. The maximum atomic E-state index is 5.56. The first kappa shape index (κ1) is 10.2. The first-order chi connectivity index (χ1) is 7.29. The van der Waals surface area contributed by atoms with Crippen LogP contribution in [0, 0.1) is 0 Å². The Morgan fingerprint density at radius 3 is 2.67 bits per heavy atom. The molecular formula is C11H18N4. The molecule has 1 aromatic heterocycles. The summed E-state index contributed by atoms with van der Waals surface area (Å²) in [6.45, 7) is 2.19. The van der Waals surface area contributed by atoms with E-state index in [2.05, 4.69) is 15.2 Å². The van der Waals surface area contributed by atoms with Gasteiger partial charge in [-0.15, -0.1) is 0 Å². The van der Waals surface area contributed by atoms with Crippen molar-refractivity contribution >= 4 is 11.5 Å². The molecule has 0 amide bonds. The molecule has 1 fully saturated rings. The van der Waals surface area contributed by atoms with Gasteiger partial charge in [0.25, 0.3) is 0 Å². The quantitative estimate of drug-likeness (QED) is 0.753. The first-order valence-corrected chi connectivity index (χ1v) is 5.43. The fraction of sp³-hybridized carbons (Fsp3) is 0.545. The molecule has 15 heavy (non-hydrogen) atoms. The Labute approximate surface area is 90.5 Å². The minimum Gasteiger partial charge on any atom is -0.384 e. The van der Waals surface area contributed by atoms with E-state index in [0.717, 1.165) is 13.1 Å². The van der Waals surface area contributed by atoms with E-state index >= 15 is 0 Å². The maximum absolute atomic E-state index is 5.56. The largest absolute Gasteiger partial charge is 0.384 e. The van der Waals surface area contributed by atoms with E-state index in [1.807, 2.05) is 25.4 Å². The molecular weight excluding hydrogens is 188 g/mol. The number of rotatable bonds is 2. The monoisotopic (exact) mass is 206 g/mol. The number of aromatic nitrogens is 1.